The number of aromatic nitrogens is 1. The Morgan fingerprint density at radius 1 is 1.40 bits per heavy atom. The molecule has 15 heavy (non-hydrogen) atoms. The summed E-state index contributed by atoms with van der Waals surface area (Å²) in [6.45, 7) is 4.11. The van der Waals surface area contributed by atoms with Gasteiger partial charge in [-0.2, -0.15) is 0 Å². The van der Waals surface area contributed by atoms with Crippen molar-refractivity contribution in [2.24, 2.45) is 0 Å². The second-order valence-electron chi connectivity index (χ2n) is 2.47. The molecule has 0 aromatic carbocycles. The van der Waals surface area contributed by atoms with Crippen molar-refractivity contribution in [2.75, 3.05) is 13.2 Å². The van der Waals surface area contributed by atoms with Gasteiger partial charge in [-0.15, -0.1) is 0 Å². The lowest BCUT2D eigenvalue weighted by Crippen LogP contribution is -2.16. The van der Waals surface area contributed by atoms with Crippen molar-refractivity contribution in [3.05, 3.63) is 11.1 Å². The van der Waals surface area contributed by atoms with Gasteiger partial charge in [0.25, 0.3) is 11.0 Å². The molecule has 0 aliphatic rings. The van der Waals surface area contributed by atoms with Gasteiger partial charge in [-0.25, -0.2) is 9.78 Å². The second-order valence-corrected chi connectivity index (χ2v) is 3.47. The van der Waals surface area contributed by atoms with Crippen molar-refractivity contribution in [2.45, 2.75) is 13.8 Å². The summed E-state index contributed by atoms with van der Waals surface area (Å²) in [5.74, 6) is -1.54. The van der Waals surface area contributed by atoms with E-state index in [1.165, 1.54) is 6.20 Å². The highest BCUT2D eigenvalue weighted by molar-refractivity contribution is 7.16. The van der Waals surface area contributed by atoms with Gasteiger partial charge in [0.05, 0.1) is 19.4 Å². The highest BCUT2D eigenvalue weighted by atomic mass is 32.1. The van der Waals surface area contributed by atoms with Crippen LogP contribution in [0, 0.1) is 0 Å². The van der Waals surface area contributed by atoms with E-state index in [9.17, 15) is 9.59 Å². The van der Waals surface area contributed by atoms with Crippen LogP contribution in [0.2, 0.25) is 0 Å². The lowest BCUT2D eigenvalue weighted by Gasteiger charge is -1.97. The van der Waals surface area contributed by atoms with E-state index in [4.69, 9.17) is 4.74 Å². The molecular weight excluding hydrogens is 218 g/mol. The zero-order valence-electron chi connectivity index (χ0n) is 8.48. The summed E-state index contributed by atoms with van der Waals surface area (Å²) in [7, 11) is 0. The maximum Gasteiger partial charge on any atom is 0.380 e. The predicted molar refractivity (Wildman–Crippen MR) is 54.2 cm³/mol. The molecule has 0 radical (unpaired) electrons. The van der Waals surface area contributed by atoms with Gasteiger partial charge in [0.1, 0.15) is 4.88 Å². The molecule has 0 atom stereocenters. The van der Waals surface area contributed by atoms with Gasteiger partial charge in [-0.05, 0) is 13.8 Å². The maximum absolute atomic E-state index is 11.4. The van der Waals surface area contributed by atoms with Crippen LogP contribution in [0.1, 0.15) is 23.5 Å². The quantitative estimate of drug-likeness (QED) is 0.432. The van der Waals surface area contributed by atoms with E-state index in [-0.39, 0.29) is 11.5 Å². The van der Waals surface area contributed by atoms with Crippen LogP contribution in [-0.2, 0) is 9.53 Å². The topological polar surface area (TPSA) is 65.5 Å². The van der Waals surface area contributed by atoms with Gasteiger partial charge in [-0.1, -0.05) is 11.3 Å². The van der Waals surface area contributed by atoms with Crippen LogP contribution in [-0.4, -0.2) is 30.0 Å². The molecule has 0 fully saturated rings. The summed E-state index contributed by atoms with van der Waals surface area (Å²) >= 11 is 1.04. The van der Waals surface area contributed by atoms with Crippen LogP contribution < -0.4 is 4.74 Å². The molecule has 0 aliphatic carbocycles. The Kier molecular flexibility index (Phi) is 4.23. The van der Waals surface area contributed by atoms with E-state index in [2.05, 4.69) is 9.72 Å². The number of ether oxygens (including phenoxy) is 2. The molecule has 1 aromatic heterocycles. The third kappa shape index (κ3) is 3.02. The van der Waals surface area contributed by atoms with E-state index in [0.29, 0.717) is 11.8 Å². The molecule has 0 amide bonds. The lowest BCUT2D eigenvalue weighted by molar-refractivity contribution is -0.137. The normalized spacial score (nSPS) is 9.73. The minimum Gasteiger partial charge on any atom is -0.470 e. The average molecular weight is 229 g/mol. The van der Waals surface area contributed by atoms with Crippen molar-refractivity contribution in [1.29, 1.82) is 0 Å². The van der Waals surface area contributed by atoms with E-state index in [0.717, 1.165) is 11.3 Å². The molecule has 5 nitrogen and oxygen atoms in total. The number of hydrogen-bond acceptors (Lipinski definition) is 6. The first-order chi connectivity index (χ1) is 7.19. The molecular formula is C9H11NO4S. The van der Waals surface area contributed by atoms with E-state index >= 15 is 0 Å². The van der Waals surface area contributed by atoms with Crippen LogP contribution in [0.4, 0.5) is 0 Å². The average Bonchev–Trinajstić information content (AvgIpc) is 2.66. The second kappa shape index (κ2) is 5.45. The molecule has 82 valence electrons. The molecule has 0 N–H and O–H groups in total. The predicted octanol–water partition coefficient (Wildman–Crippen LogP) is 1.29. The Morgan fingerprint density at radius 2 is 2.13 bits per heavy atom. The largest absolute Gasteiger partial charge is 0.470 e. The minimum absolute atomic E-state index is 0.182. The lowest BCUT2D eigenvalue weighted by atomic mass is 10.3. The molecule has 1 aromatic rings. The summed E-state index contributed by atoms with van der Waals surface area (Å²) in [4.78, 5) is 26.5. The van der Waals surface area contributed by atoms with Crippen molar-refractivity contribution < 1.29 is 19.1 Å². The summed E-state index contributed by atoms with van der Waals surface area (Å²) in [5.41, 5.74) is 0. The number of carbonyl (C=O) groups is 2. The van der Waals surface area contributed by atoms with Gasteiger partial charge in [-0.3, -0.25) is 4.79 Å². The molecule has 0 unspecified atom stereocenters. The number of ketones is 1. The molecule has 0 aliphatic heterocycles. The van der Waals surface area contributed by atoms with Crippen molar-refractivity contribution in [1.82, 2.24) is 4.98 Å². The van der Waals surface area contributed by atoms with Gasteiger partial charge < -0.3 is 9.47 Å². The molecule has 1 heterocycles. The van der Waals surface area contributed by atoms with Crippen molar-refractivity contribution >= 4 is 23.1 Å². The summed E-state index contributed by atoms with van der Waals surface area (Å²) < 4.78 is 9.66. The Bertz CT molecular complexity index is 361. The Morgan fingerprint density at radius 3 is 2.73 bits per heavy atom. The Balaban J connectivity index is 2.69. The van der Waals surface area contributed by atoms with E-state index < -0.39 is 11.8 Å². The number of hydrogen-bond donors (Lipinski definition) is 0. The number of esters is 1. The molecule has 0 spiro atoms. The fraction of sp³-hybridized carbons (Fsp3) is 0.444. The SMILES string of the molecule is CCOC(=O)C(=O)c1cnc(OCC)s1. The standard InChI is InChI=1S/C9H11NO4S/c1-3-13-8(12)7(11)6-5-10-9(15-6)14-4-2/h5H,3-4H2,1-2H3. The van der Waals surface area contributed by atoms with Crippen LogP contribution in [0.25, 0.3) is 0 Å². The van der Waals surface area contributed by atoms with Crippen LogP contribution in [0.15, 0.2) is 6.20 Å². The molecule has 1 rings (SSSR count). The molecule has 0 bridgehead atoms. The van der Waals surface area contributed by atoms with Crippen LogP contribution in [0.3, 0.4) is 0 Å². The highest BCUT2D eigenvalue weighted by Crippen LogP contribution is 2.21. The summed E-state index contributed by atoms with van der Waals surface area (Å²) in [6, 6.07) is 0. The zero-order chi connectivity index (χ0) is 11.3. The zero-order valence-corrected chi connectivity index (χ0v) is 9.30. The first-order valence-corrected chi connectivity index (χ1v) is 5.30. The maximum atomic E-state index is 11.4. The smallest absolute Gasteiger partial charge is 0.380 e. The fourth-order valence-electron chi connectivity index (χ4n) is 0.851. The van der Waals surface area contributed by atoms with E-state index in [1.54, 1.807) is 6.92 Å². The van der Waals surface area contributed by atoms with Gasteiger partial charge in [0, 0.05) is 0 Å². The number of Topliss-reactive ketones (excluding diaryl/α,β-unsaturated/α-hetero) is 1. The minimum atomic E-state index is -0.857. The number of rotatable bonds is 5. The summed E-state index contributed by atoms with van der Waals surface area (Å²) in [6.07, 6.45) is 1.31. The number of nitrogens with zero attached hydrogens (tertiary/aromatic N) is 1. The number of carbonyl (C=O) groups excluding carboxylic acids is 2. The first-order valence-electron chi connectivity index (χ1n) is 4.49. The molecule has 0 saturated carbocycles. The van der Waals surface area contributed by atoms with Crippen LogP contribution in [0.5, 0.6) is 5.19 Å². The number of thiazole rings is 1. The van der Waals surface area contributed by atoms with Crippen molar-refractivity contribution in [3.8, 4) is 5.19 Å². The third-order valence-electron chi connectivity index (χ3n) is 1.44. The summed E-state index contributed by atoms with van der Waals surface area (Å²) in [5, 5.41) is 0.380. The van der Waals surface area contributed by atoms with Gasteiger partial charge in [0.2, 0.25) is 0 Å². The molecule has 0 saturated heterocycles. The highest BCUT2D eigenvalue weighted by Gasteiger charge is 2.20. The Hall–Kier alpha value is -1.43. The fourth-order valence-corrected chi connectivity index (χ4v) is 1.60. The Labute approximate surface area is 91.0 Å². The first kappa shape index (κ1) is 11.6. The van der Waals surface area contributed by atoms with E-state index in [1.807, 2.05) is 6.92 Å². The molecule has 6 heteroatoms. The van der Waals surface area contributed by atoms with Gasteiger partial charge >= 0.3 is 5.97 Å². The van der Waals surface area contributed by atoms with Gasteiger partial charge in [0.15, 0.2) is 0 Å². The monoisotopic (exact) mass is 229 g/mol. The third-order valence-corrected chi connectivity index (χ3v) is 2.35. The van der Waals surface area contributed by atoms with Crippen LogP contribution >= 0.6 is 11.3 Å². The van der Waals surface area contributed by atoms with Crippen molar-refractivity contribution in [3.63, 3.8) is 0 Å².